The summed E-state index contributed by atoms with van der Waals surface area (Å²) >= 11 is 0. The molecule has 14 heavy (non-hydrogen) atoms. The van der Waals surface area contributed by atoms with Crippen LogP contribution in [-0.2, 0) is 6.42 Å². The molecule has 0 fully saturated rings. The molecular formula is C13H19N. The van der Waals surface area contributed by atoms with Gasteiger partial charge in [-0.15, -0.1) is 0 Å². The average Bonchev–Trinajstić information content (AvgIpc) is 2.66. The molecule has 0 aromatic heterocycles. The fraction of sp³-hybridized carbons (Fsp3) is 0.385. The van der Waals surface area contributed by atoms with Gasteiger partial charge in [0.1, 0.15) is 0 Å². The molecule has 1 aliphatic carbocycles. The molecule has 0 unspecified atom stereocenters. The van der Waals surface area contributed by atoms with E-state index in [9.17, 15) is 0 Å². The number of fused-ring (bicyclic) bond motifs is 1. The van der Waals surface area contributed by atoms with Crippen molar-refractivity contribution in [2.45, 2.75) is 26.7 Å². The Balaban J connectivity index is 0.000000461. The van der Waals surface area contributed by atoms with Gasteiger partial charge < -0.3 is 5.73 Å². The number of nitrogens with two attached hydrogens (primary N) is 1. The number of hydrogen-bond donors (Lipinski definition) is 1. The predicted octanol–water partition coefficient (Wildman–Crippen LogP) is 3.00. The lowest BCUT2D eigenvalue weighted by Gasteiger charge is -1.98. The molecule has 0 amide bonds. The Morgan fingerprint density at radius 1 is 1.21 bits per heavy atom. The van der Waals surface area contributed by atoms with E-state index >= 15 is 0 Å². The van der Waals surface area contributed by atoms with Gasteiger partial charge in [-0.1, -0.05) is 44.2 Å². The highest BCUT2D eigenvalue weighted by Gasteiger charge is 2.13. The minimum Gasteiger partial charge on any atom is -0.327 e. The summed E-state index contributed by atoms with van der Waals surface area (Å²) in [5, 5.41) is 0. The van der Waals surface area contributed by atoms with Crippen LogP contribution in [0.1, 0.15) is 31.4 Å². The van der Waals surface area contributed by atoms with Gasteiger partial charge in [0.25, 0.3) is 0 Å². The minimum absolute atomic E-state index is 0.656. The predicted molar refractivity (Wildman–Crippen MR) is 63.1 cm³/mol. The van der Waals surface area contributed by atoms with Crippen molar-refractivity contribution in [2.24, 2.45) is 5.73 Å². The smallest absolute Gasteiger partial charge is 0.0112 e. The molecule has 76 valence electrons. The maximum absolute atomic E-state index is 5.49. The summed E-state index contributed by atoms with van der Waals surface area (Å²) in [5.74, 6) is 0. The Hall–Kier alpha value is -1.08. The highest BCUT2D eigenvalue weighted by molar-refractivity contribution is 5.72. The Labute approximate surface area is 86.6 Å². The van der Waals surface area contributed by atoms with E-state index in [-0.39, 0.29) is 0 Å². The molecule has 1 nitrogen and oxygen atoms in total. The summed E-state index contributed by atoms with van der Waals surface area (Å²) in [6, 6.07) is 8.58. The summed E-state index contributed by atoms with van der Waals surface area (Å²) in [5.41, 5.74) is 9.79. The first kappa shape index (κ1) is 11.0. The van der Waals surface area contributed by atoms with Gasteiger partial charge in [-0.25, -0.2) is 0 Å². The monoisotopic (exact) mass is 189 g/mol. The van der Waals surface area contributed by atoms with Crippen molar-refractivity contribution < 1.29 is 0 Å². The first-order valence-electron chi connectivity index (χ1n) is 5.39. The highest BCUT2D eigenvalue weighted by atomic mass is 14.5. The average molecular weight is 189 g/mol. The molecule has 2 N–H and O–H groups in total. The van der Waals surface area contributed by atoms with Crippen LogP contribution in [0.3, 0.4) is 0 Å². The number of allylic oxidation sites excluding steroid dienone is 1. The molecule has 0 heterocycles. The van der Waals surface area contributed by atoms with Gasteiger partial charge >= 0.3 is 0 Å². The fourth-order valence-corrected chi connectivity index (χ4v) is 1.81. The Morgan fingerprint density at radius 3 is 2.64 bits per heavy atom. The lowest BCUT2D eigenvalue weighted by atomic mass is 10.1. The van der Waals surface area contributed by atoms with Crippen LogP contribution in [0.15, 0.2) is 30.3 Å². The fourth-order valence-electron chi connectivity index (χ4n) is 1.81. The van der Waals surface area contributed by atoms with Crippen LogP contribution >= 0.6 is 0 Å². The minimum atomic E-state index is 0.656. The number of hydrogen-bond acceptors (Lipinski definition) is 1. The molecule has 1 heteroatoms. The second-order valence-electron chi connectivity index (χ2n) is 3.12. The van der Waals surface area contributed by atoms with Gasteiger partial charge in [0, 0.05) is 6.54 Å². The summed E-state index contributed by atoms with van der Waals surface area (Å²) < 4.78 is 0. The van der Waals surface area contributed by atoms with E-state index in [1.54, 1.807) is 0 Å². The van der Waals surface area contributed by atoms with E-state index in [4.69, 9.17) is 5.73 Å². The lowest BCUT2D eigenvalue weighted by Crippen LogP contribution is -1.94. The topological polar surface area (TPSA) is 26.0 Å². The van der Waals surface area contributed by atoms with Gasteiger partial charge in [0.2, 0.25) is 0 Å². The van der Waals surface area contributed by atoms with Crippen LogP contribution in [0.5, 0.6) is 0 Å². The van der Waals surface area contributed by atoms with Crippen LogP contribution in [0, 0.1) is 0 Å². The maximum atomic E-state index is 5.49. The molecule has 1 aromatic carbocycles. The normalized spacial score (nSPS) is 16.1. The first-order chi connectivity index (χ1) is 6.92. The van der Waals surface area contributed by atoms with Crippen molar-refractivity contribution in [1.82, 2.24) is 0 Å². The molecule has 0 bridgehead atoms. The van der Waals surface area contributed by atoms with Crippen molar-refractivity contribution in [2.75, 3.05) is 6.54 Å². The molecule has 2 rings (SSSR count). The first-order valence-corrected chi connectivity index (χ1v) is 5.39. The van der Waals surface area contributed by atoms with Crippen LogP contribution < -0.4 is 5.73 Å². The van der Waals surface area contributed by atoms with E-state index in [1.165, 1.54) is 23.1 Å². The second-order valence-corrected chi connectivity index (χ2v) is 3.12. The van der Waals surface area contributed by atoms with Gasteiger partial charge in [-0.2, -0.15) is 0 Å². The van der Waals surface area contributed by atoms with Crippen molar-refractivity contribution in [3.05, 3.63) is 41.5 Å². The van der Waals surface area contributed by atoms with Gasteiger partial charge in [0.05, 0.1) is 0 Å². The van der Waals surface area contributed by atoms with E-state index in [1.807, 2.05) is 13.8 Å². The zero-order valence-corrected chi connectivity index (χ0v) is 9.09. The molecule has 0 saturated carbocycles. The molecule has 0 spiro atoms. The van der Waals surface area contributed by atoms with Crippen molar-refractivity contribution in [3.63, 3.8) is 0 Å². The summed E-state index contributed by atoms with van der Waals surface area (Å²) in [4.78, 5) is 0. The van der Waals surface area contributed by atoms with Crippen molar-refractivity contribution in [3.8, 4) is 0 Å². The van der Waals surface area contributed by atoms with E-state index < -0.39 is 0 Å². The molecular weight excluding hydrogens is 170 g/mol. The van der Waals surface area contributed by atoms with Gasteiger partial charge in [0.15, 0.2) is 0 Å². The van der Waals surface area contributed by atoms with Crippen molar-refractivity contribution in [1.29, 1.82) is 0 Å². The van der Waals surface area contributed by atoms with Crippen LogP contribution in [0.2, 0.25) is 0 Å². The lowest BCUT2D eigenvalue weighted by molar-refractivity contribution is 1.08. The zero-order chi connectivity index (χ0) is 10.4. The van der Waals surface area contributed by atoms with E-state index in [0.717, 1.165) is 6.42 Å². The van der Waals surface area contributed by atoms with Crippen molar-refractivity contribution >= 4 is 5.57 Å². The third-order valence-corrected chi connectivity index (χ3v) is 2.39. The summed E-state index contributed by atoms with van der Waals surface area (Å²) in [6.07, 6.45) is 4.48. The van der Waals surface area contributed by atoms with E-state index in [0.29, 0.717) is 6.54 Å². The molecule has 1 aliphatic rings. The third kappa shape index (κ3) is 2.24. The molecule has 0 radical (unpaired) electrons. The molecule has 0 aliphatic heterocycles. The number of rotatable bonds is 1. The summed E-state index contributed by atoms with van der Waals surface area (Å²) in [6.45, 7) is 4.66. The Morgan fingerprint density at radius 2 is 1.93 bits per heavy atom. The molecule has 1 aromatic rings. The zero-order valence-electron chi connectivity index (χ0n) is 9.09. The summed E-state index contributed by atoms with van der Waals surface area (Å²) in [7, 11) is 0. The standard InChI is InChI=1S/C11H13N.C2H6/c12-8-7-10-6-5-9-3-1-2-4-11(9)10;1-2/h1-4,7H,5-6,8,12H2;1-2H3/b10-7+;. The van der Waals surface area contributed by atoms with E-state index in [2.05, 4.69) is 30.3 Å². The van der Waals surface area contributed by atoms with Crippen LogP contribution in [-0.4, -0.2) is 6.54 Å². The second kappa shape index (κ2) is 5.61. The Kier molecular flexibility index (Phi) is 4.41. The molecule has 0 atom stereocenters. The highest BCUT2D eigenvalue weighted by Crippen LogP contribution is 2.31. The van der Waals surface area contributed by atoms with Gasteiger partial charge in [-0.05, 0) is 29.5 Å². The van der Waals surface area contributed by atoms with Crippen LogP contribution in [0.4, 0.5) is 0 Å². The number of benzene rings is 1. The maximum Gasteiger partial charge on any atom is 0.0112 e. The third-order valence-electron chi connectivity index (χ3n) is 2.39. The Bertz CT molecular complexity index is 313. The SMILES string of the molecule is CC.NC/C=C1\CCc2ccccc21. The van der Waals surface area contributed by atoms with Gasteiger partial charge in [-0.3, -0.25) is 0 Å². The quantitative estimate of drug-likeness (QED) is 0.722. The largest absolute Gasteiger partial charge is 0.327 e. The molecule has 0 saturated heterocycles. The number of aryl methyl sites for hydroxylation is 1. The van der Waals surface area contributed by atoms with Crippen LogP contribution in [0.25, 0.3) is 5.57 Å².